The number of nitrogens with zero attached hydrogens (tertiary/aromatic N) is 1. The second-order valence-corrected chi connectivity index (χ2v) is 5.53. The van der Waals surface area contributed by atoms with E-state index in [-0.39, 0.29) is 0 Å². The van der Waals surface area contributed by atoms with Gasteiger partial charge in [0.05, 0.1) is 6.10 Å². The smallest absolute Gasteiger partial charge is 0.0845 e. The van der Waals surface area contributed by atoms with Crippen LogP contribution in [0, 0.1) is 3.57 Å². The standard InChI is InChI=1S/C15H16INO/c1-2-11-6-7-14(17-10-11)9-15(18)12-4-3-5-13(16)8-12/h3-8,10,15,18H,2,9H2,1H3. The van der Waals surface area contributed by atoms with E-state index in [0.717, 1.165) is 21.2 Å². The fourth-order valence-electron chi connectivity index (χ4n) is 1.81. The van der Waals surface area contributed by atoms with Gasteiger partial charge in [0.15, 0.2) is 0 Å². The molecule has 0 spiro atoms. The number of hydrogen-bond donors (Lipinski definition) is 1. The van der Waals surface area contributed by atoms with Crippen molar-refractivity contribution in [3.8, 4) is 0 Å². The van der Waals surface area contributed by atoms with Crippen LogP contribution in [-0.2, 0) is 12.8 Å². The number of rotatable bonds is 4. The van der Waals surface area contributed by atoms with E-state index in [4.69, 9.17) is 0 Å². The fourth-order valence-corrected chi connectivity index (χ4v) is 2.38. The number of halogens is 1. The molecule has 0 aliphatic rings. The number of hydrogen-bond acceptors (Lipinski definition) is 2. The predicted molar refractivity (Wildman–Crippen MR) is 81.4 cm³/mol. The fraction of sp³-hybridized carbons (Fsp3) is 0.267. The first-order valence-corrected chi connectivity index (χ1v) is 7.14. The van der Waals surface area contributed by atoms with Gasteiger partial charge in [-0.25, -0.2) is 0 Å². The van der Waals surface area contributed by atoms with Gasteiger partial charge in [-0.05, 0) is 58.3 Å². The topological polar surface area (TPSA) is 33.1 Å². The minimum absolute atomic E-state index is 0.486. The van der Waals surface area contributed by atoms with E-state index in [1.54, 1.807) is 0 Å². The maximum Gasteiger partial charge on any atom is 0.0845 e. The Balaban J connectivity index is 2.08. The van der Waals surface area contributed by atoms with Crippen LogP contribution in [0.3, 0.4) is 0 Å². The van der Waals surface area contributed by atoms with Gasteiger partial charge in [0, 0.05) is 21.9 Å². The van der Waals surface area contributed by atoms with Gasteiger partial charge in [-0.15, -0.1) is 0 Å². The lowest BCUT2D eigenvalue weighted by Crippen LogP contribution is -2.03. The minimum atomic E-state index is -0.486. The summed E-state index contributed by atoms with van der Waals surface area (Å²) in [6.07, 6.45) is 2.95. The number of aromatic nitrogens is 1. The molecule has 1 N–H and O–H groups in total. The molecular formula is C15H16INO. The number of aryl methyl sites for hydroxylation is 1. The second kappa shape index (κ2) is 6.29. The Bertz CT molecular complexity index is 510. The largest absolute Gasteiger partial charge is 0.388 e. The van der Waals surface area contributed by atoms with Crippen LogP contribution in [0.4, 0.5) is 0 Å². The lowest BCUT2D eigenvalue weighted by atomic mass is 10.0. The van der Waals surface area contributed by atoms with Gasteiger partial charge in [-0.3, -0.25) is 4.98 Å². The highest BCUT2D eigenvalue weighted by Gasteiger charge is 2.09. The lowest BCUT2D eigenvalue weighted by molar-refractivity contribution is 0.177. The van der Waals surface area contributed by atoms with E-state index >= 15 is 0 Å². The monoisotopic (exact) mass is 353 g/mol. The summed E-state index contributed by atoms with van der Waals surface area (Å²) in [5.74, 6) is 0. The maximum atomic E-state index is 10.2. The highest BCUT2D eigenvalue weighted by Crippen LogP contribution is 2.19. The van der Waals surface area contributed by atoms with Crippen molar-refractivity contribution < 1.29 is 5.11 Å². The van der Waals surface area contributed by atoms with Crippen molar-refractivity contribution in [3.63, 3.8) is 0 Å². The number of pyridine rings is 1. The Kier molecular flexibility index (Phi) is 4.72. The van der Waals surface area contributed by atoms with E-state index in [1.165, 1.54) is 5.56 Å². The minimum Gasteiger partial charge on any atom is -0.388 e. The van der Waals surface area contributed by atoms with Crippen molar-refractivity contribution in [2.45, 2.75) is 25.9 Å². The first kappa shape index (κ1) is 13.5. The molecule has 18 heavy (non-hydrogen) atoms. The number of aliphatic hydroxyl groups is 1. The summed E-state index contributed by atoms with van der Waals surface area (Å²) in [6, 6.07) is 12.0. The summed E-state index contributed by atoms with van der Waals surface area (Å²) >= 11 is 2.25. The van der Waals surface area contributed by atoms with Gasteiger partial charge < -0.3 is 5.11 Å². The Morgan fingerprint density at radius 3 is 2.72 bits per heavy atom. The van der Waals surface area contributed by atoms with Crippen LogP contribution in [0.5, 0.6) is 0 Å². The summed E-state index contributed by atoms with van der Waals surface area (Å²) in [7, 11) is 0. The highest BCUT2D eigenvalue weighted by molar-refractivity contribution is 14.1. The number of aliphatic hydroxyl groups excluding tert-OH is 1. The van der Waals surface area contributed by atoms with Crippen molar-refractivity contribution in [1.29, 1.82) is 0 Å². The molecule has 1 heterocycles. The van der Waals surface area contributed by atoms with Crippen molar-refractivity contribution in [1.82, 2.24) is 4.98 Å². The molecule has 0 aliphatic heterocycles. The Morgan fingerprint density at radius 2 is 2.11 bits per heavy atom. The molecule has 2 rings (SSSR count). The van der Waals surface area contributed by atoms with Gasteiger partial charge in [0.2, 0.25) is 0 Å². The third kappa shape index (κ3) is 3.53. The zero-order chi connectivity index (χ0) is 13.0. The third-order valence-corrected chi connectivity index (χ3v) is 3.60. The van der Waals surface area contributed by atoms with Gasteiger partial charge >= 0.3 is 0 Å². The van der Waals surface area contributed by atoms with Crippen LogP contribution in [0.1, 0.15) is 29.8 Å². The van der Waals surface area contributed by atoms with Gasteiger partial charge in [0.25, 0.3) is 0 Å². The zero-order valence-electron chi connectivity index (χ0n) is 10.3. The van der Waals surface area contributed by atoms with Gasteiger partial charge in [-0.1, -0.05) is 25.1 Å². The summed E-state index contributed by atoms with van der Waals surface area (Å²) in [5, 5.41) is 10.2. The Morgan fingerprint density at radius 1 is 1.28 bits per heavy atom. The van der Waals surface area contributed by atoms with Crippen LogP contribution in [-0.4, -0.2) is 10.1 Å². The molecule has 0 amide bonds. The average molecular weight is 353 g/mol. The molecule has 2 aromatic rings. The van der Waals surface area contributed by atoms with Crippen molar-refractivity contribution >= 4 is 22.6 Å². The summed E-state index contributed by atoms with van der Waals surface area (Å²) in [6.45, 7) is 2.11. The van der Waals surface area contributed by atoms with Crippen molar-refractivity contribution in [3.05, 3.63) is 63.0 Å². The van der Waals surface area contributed by atoms with Gasteiger partial charge in [0.1, 0.15) is 0 Å². The van der Waals surface area contributed by atoms with E-state index in [2.05, 4.69) is 40.6 Å². The number of benzene rings is 1. The molecule has 1 atom stereocenters. The highest BCUT2D eigenvalue weighted by atomic mass is 127. The lowest BCUT2D eigenvalue weighted by Gasteiger charge is -2.11. The van der Waals surface area contributed by atoms with Crippen LogP contribution >= 0.6 is 22.6 Å². The van der Waals surface area contributed by atoms with E-state index in [9.17, 15) is 5.11 Å². The van der Waals surface area contributed by atoms with Crippen LogP contribution in [0.25, 0.3) is 0 Å². The zero-order valence-corrected chi connectivity index (χ0v) is 12.5. The first-order valence-electron chi connectivity index (χ1n) is 6.06. The molecule has 0 aliphatic carbocycles. The normalized spacial score (nSPS) is 12.4. The molecule has 0 fully saturated rings. The maximum absolute atomic E-state index is 10.2. The Labute approximate surface area is 121 Å². The summed E-state index contributed by atoms with van der Waals surface area (Å²) < 4.78 is 1.14. The molecule has 3 heteroatoms. The van der Waals surface area contributed by atoms with E-state index < -0.39 is 6.10 Å². The molecule has 1 aromatic heterocycles. The van der Waals surface area contributed by atoms with Crippen LogP contribution in [0.2, 0.25) is 0 Å². The van der Waals surface area contributed by atoms with Gasteiger partial charge in [-0.2, -0.15) is 0 Å². The molecule has 0 radical (unpaired) electrons. The van der Waals surface area contributed by atoms with Crippen molar-refractivity contribution in [2.75, 3.05) is 0 Å². The summed E-state index contributed by atoms with van der Waals surface area (Å²) in [5.41, 5.74) is 3.10. The molecule has 1 aromatic carbocycles. The quantitative estimate of drug-likeness (QED) is 0.854. The van der Waals surface area contributed by atoms with Crippen LogP contribution in [0.15, 0.2) is 42.6 Å². The predicted octanol–water partition coefficient (Wildman–Crippen LogP) is 3.52. The second-order valence-electron chi connectivity index (χ2n) is 4.29. The third-order valence-electron chi connectivity index (χ3n) is 2.93. The molecule has 0 bridgehead atoms. The molecule has 2 nitrogen and oxygen atoms in total. The average Bonchev–Trinajstić information content (AvgIpc) is 2.39. The Hall–Kier alpha value is -0.940. The molecule has 0 saturated heterocycles. The molecule has 94 valence electrons. The summed E-state index contributed by atoms with van der Waals surface area (Å²) in [4.78, 5) is 4.38. The van der Waals surface area contributed by atoms with Crippen LogP contribution < -0.4 is 0 Å². The van der Waals surface area contributed by atoms with E-state index in [1.807, 2.05) is 36.5 Å². The van der Waals surface area contributed by atoms with Crippen molar-refractivity contribution in [2.24, 2.45) is 0 Å². The molecule has 0 saturated carbocycles. The molecule has 1 unspecified atom stereocenters. The van der Waals surface area contributed by atoms with E-state index in [0.29, 0.717) is 6.42 Å². The first-order chi connectivity index (χ1) is 8.69. The molecular weight excluding hydrogens is 337 g/mol. The SMILES string of the molecule is CCc1ccc(CC(O)c2cccc(I)c2)nc1.